The number of hydrogen-bond acceptors (Lipinski definition) is 2. The molecular weight excluding hydrogens is 346 g/mol. The van der Waals surface area contributed by atoms with Crippen LogP contribution in [0.1, 0.15) is 122 Å². The second kappa shape index (κ2) is 13.5. The average Bonchev–Trinajstić information content (AvgIpc) is 2.63. The molecule has 28 heavy (non-hydrogen) atoms. The lowest BCUT2D eigenvalue weighted by Crippen LogP contribution is -2.19. The Bertz CT molecular complexity index is 578. The van der Waals surface area contributed by atoms with Crippen molar-refractivity contribution in [3.8, 4) is 0 Å². The van der Waals surface area contributed by atoms with Gasteiger partial charge in [-0.1, -0.05) is 97.8 Å². The van der Waals surface area contributed by atoms with E-state index in [0.29, 0.717) is 18.3 Å². The van der Waals surface area contributed by atoms with Crippen molar-refractivity contribution in [2.24, 2.45) is 0 Å². The molecule has 0 heterocycles. The van der Waals surface area contributed by atoms with Gasteiger partial charge in [-0.2, -0.15) is 0 Å². The molecule has 0 radical (unpaired) electrons. The molecule has 1 aromatic rings. The van der Waals surface area contributed by atoms with Crippen LogP contribution in [0.2, 0.25) is 0 Å². The van der Waals surface area contributed by atoms with E-state index < -0.39 is 0 Å². The van der Waals surface area contributed by atoms with Crippen molar-refractivity contribution in [3.63, 3.8) is 0 Å². The minimum Gasteiger partial charge on any atom is -0.325 e. The molecule has 1 N–H and O–H groups in total. The first kappa shape index (κ1) is 24.4. The number of para-hydroxylation sites is 1. The van der Waals surface area contributed by atoms with E-state index in [1.54, 1.807) is 0 Å². The molecule has 158 valence electrons. The maximum absolute atomic E-state index is 12.5. The number of Topliss-reactive ketones (excluding diaryl/α,β-unsaturated/α-hetero) is 1. The van der Waals surface area contributed by atoms with Gasteiger partial charge in [0, 0.05) is 12.1 Å². The summed E-state index contributed by atoms with van der Waals surface area (Å²) in [7, 11) is 0. The smallest absolute Gasteiger partial charge is 0.231 e. The molecule has 3 heteroatoms. The van der Waals surface area contributed by atoms with Crippen LogP contribution in [0, 0.1) is 0 Å². The fraction of sp³-hybridized carbons (Fsp3) is 0.680. The van der Waals surface area contributed by atoms with E-state index in [9.17, 15) is 9.59 Å². The van der Waals surface area contributed by atoms with Crippen LogP contribution >= 0.6 is 0 Å². The Morgan fingerprint density at radius 1 is 0.821 bits per heavy atom. The van der Waals surface area contributed by atoms with E-state index >= 15 is 0 Å². The van der Waals surface area contributed by atoms with Crippen LogP contribution in [0.4, 0.5) is 5.69 Å². The van der Waals surface area contributed by atoms with Gasteiger partial charge in [0.2, 0.25) is 5.91 Å². The molecule has 0 aromatic heterocycles. The first-order valence-electron chi connectivity index (χ1n) is 11.3. The highest BCUT2D eigenvalue weighted by atomic mass is 16.2. The van der Waals surface area contributed by atoms with E-state index in [1.807, 2.05) is 6.07 Å². The Morgan fingerprint density at radius 2 is 1.32 bits per heavy atom. The second-order valence-electron chi connectivity index (χ2n) is 8.61. The van der Waals surface area contributed by atoms with Crippen LogP contribution in [0.3, 0.4) is 0 Å². The molecule has 0 fully saturated rings. The van der Waals surface area contributed by atoms with E-state index in [2.05, 4.69) is 52.1 Å². The molecule has 0 aliphatic carbocycles. The third kappa shape index (κ3) is 9.03. The lowest BCUT2D eigenvalue weighted by molar-refractivity contribution is -0.125. The quantitative estimate of drug-likeness (QED) is 0.268. The van der Waals surface area contributed by atoms with Crippen LogP contribution in [-0.4, -0.2) is 11.7 Å². The molecular formula is C25H41NO2. The van der Waals surface area contributed by atoms with Crippen molar-refractivity contribution in [2.75, 3.05) is 5.32 Å². The molecule has 0 bridgehead atoms. The summed E-state index contributed by atoms with van der Waals surface area (Å²) in [5, 5.41) is 3.04. The zero-order valence-corrected chi connectivity index (χ0v) is 18.8. The summed E-state index contributed by atoms with van der Waals surface area (Å²) in [5.41, 5.74) is 3.17. The lowest BCUT2D eigenvalue weighted by atomic mass is 9.92. The summed E-state index contributed by atoms with van der Waals surface area (Å²) in [4.78, 5) is 24.7. The molecule has 0 aliphatic heterocycles. The lowest BCUT2D eigenvalue weighted by Gasteiger charge is -2.20. The Hall–Kier alpha value is -1.64. The van der Waals surface area contributed by atoms with Gasteiger partial charge < -0.3 is 5.32 Å². The number of anilines is 1. The summed E-state index contributed by atoms with van der Waals surface area (Å²) in [6, 6.07) is 6.18. The minimum atomic E-state index is -0.181. The third-order valence-electron chi connectivity index (χ3n) is 5.30. The molecule has 1 amide bonds. The topological polar surface area (TPSA) is 46.2 Å². The van der Waals surface area contributed by atoms with Gasteiger partial charge in [0.15, 0.2) is 0 Å². The highest BCUT2D eigenvalue weighted by molar-refractivity contribution is 6.05. The monoisotopic (exact) mass is 387 g/mol. The number of carbonyl (C=O) groups excluding carboxylic acids is 2. The van der Waals surface area contributed by atoms with E-state index in [-0.39, 0.29) is 18.1 Å². The Kier molecular flexibility index (Phi) is 11.8. The molecule has 0 aliphatic rings. The summed E-state index contributed by atoms with van der Waals surface area (Å²) in [6.07, 6.45) is 10.2. The van der Waals surface area contributed by atoms with Crippen LogP contribution in [0.15, 0.2) is 18.2 Å². The number of hydrogen-bond donors (Lipinski definition) is 1. The zero-order valence-electron chi connectivity index (χ0n) is 18.8. The predicted molar refractivity (Wildman–Crippen MR) is 120 cm³/mol. The van der Waals surface area contributed by atoms with Crippen LogP contribution < -0.4 is 5.32 Å². The van der Waals surface area contributed by atoms with E-state index in [4.69, 9.17) is 0 Å². The minimum absolute atomic E-state index is 0.0134. The molecule has 0 saturated heterocycles. The summed E-state index contributed by atoms with van der Waals surface area (Å²) in [6.45, 7) is 10.7. The number of nitrogens with one attached hydrogen (secondary N) is 1. The molecule has 0 saturated carbocycles. The van der Waals surface area contributed by atoms with Crippen LogP contribution in [0.25, 0.3) is 0 Å². The number of benzene rings is 1. The molecule has 0 unspecified atom stereocenters. The Labute approximate surface area is 172 Å². The van der Waals surface area contributed by atoms with Gasteiger partial charge in [-0.3, -0.25) is 9.59 Å². The highest BCUT2D eigenvalue weighted by Gasteiger charge is 2.17. The zero-order chi connectivity index (χ0) is 20.9. The largest absolute Gasteiger partial charge is 0.325 e. The van der Waals surface area contributed by atoms with Gasteiger partial charge in [-0.05, 0) is 29.4 Å². The van der Waals surface area contributed by atoms with Crippen molar-refractivity contribution in [1.82, 2.24) is 0 Å². The maximum Gasteiger partial charge on any atom is 0.231 e. The SMILES string of the molecule is CCCCCCCCCCC(=O)CC(=O)Nc1c(C(C)C)cccc1C(C)C. The standard InChI is InChI=1S/C25H41NO2/c1-6-7-8-9-10-11-12-13-15-21(27)18-24(28)26-25-22(19(2)3)16-14-17-23(25)20(4)5/h14,16-17,19-20H,6-13,15,18H2,1-5H3,(H,26,28). The van der Waals surface area contributed by atoms with Gasteiger partial charge in [0.25, 0.3) is 0 Å². The highest BCUT2D eigenvalue weighted by Crippen LogP contribution is 2.32. The van der Waals surface area contributed by atoms with Gasteiger partial charge in [-0.25, -0.2) is 0 Å². The van der Waals surface area contributed by atoms with Crippen molar-refractivity contribution in [1.29, 1.82) is 0 Å². The van der Waals surface area contributed by atoms with E-state index in [0.717, 1.165) is 29.7 Å². The van der Waals surface area contributed by atoms with Crippen LogP contribution in [0.5, 0.6) is 0 Å². The van der Waals surface area contributed by atoms with Gasteiger partial charge in [0.05, 0.1) is 6.42 Å². The molecule has 1 rings (SSSR count). The average molecular weight is 388 g/mol. The van der Waals surface area contributed by atoms with Crippen molar-refractivity contribution in [2.45, 2.75) is 111 Å². The number of ketones is 1. The molecule has 1 aromatic carbocycles. The fourth-order valence-corrected chi connectivity index (χ4v) is 3.60. The number of unbranched alkanes of at least 4 members (excludes halogenated alkanes) is 7. The summed E-state index contributed by atoms with van der Waals surface area (Å²) < 4.78 is 0. The van der Waals surface area contributed by atoms with E-state index in [1.165, 1.54) is 38.5 Å². The fourth-order valence-electron chi connectivity index (χ4n) is 3.60. The van der Waals surface area contributed by atoms with Gasteiger partial charge in [0.1, 0.15) is 5.78 Å². The number of amides is 1. The summed E-state index contributed by atoms with van der Waals surface area (Å²) >= 11 is 0. The number of rotatable bonds is 14. The Balaban J connectivity index is 2.45. The predicted octanol–water partition coefficient (Wildman–Crippen LogP) is 7.36. The molecule has 0 atom stereocenters. The normalized spacial score (nSPS) is 11.2. The second-order valence-corrected chi connectivity index (χ2v) is 8.61. The first-order valence-corrected chi connectivity index (χ1v) is 11.3. The van der Waals surface area contributed by atoms with Crippen molar-refractivity contribution >= 4 is 17.4 Å². The first-order chi connectivity index (χ1) is 13.4. The van der Waals surface area contributed by atoms with Crippen LogP contribution in [-0.2, 0) is 9.59 Å². The van der Waals surface area contributed by atoms with Gasteiger partial charge >= 0.3 is 0 Å². The summed E-state index contributed by atoms with van der Waals surface area (Å²) in [5.74, 6) is 0.514. The molecule has 0 spiro atoms. The van der Waals surface area contributed by atoms with Crippen molar-refractivity contribution in [3.05, 3.63) is 29.3 Å². The Morgan fingerprint density at radius 3 is 1.82 bits per heavy atom. The number of carbonyl (C=O) groups is 2. The molecule has 3 nitrogen and oxygen atoms in total. The van der Waals surface area contributed by atoms with Crippen molar-refractivity contribution < 1.29 is 9.59 Å². The third-order valence-corrected chi connectivity index (χ3v) is 5.30. The maximum atomic E-state index is 12.5. The van der Waals surface area contributed by atoms with Gasteiger partial charge in [-0.15, -0.1) is 0 Å².